The van der Waals surface area contributed by atoms with Gasteiger partial charge in [0.2, 0.25) is 0 Å². The van der Waals surface area contributed by atoms with Gasteiger partial charge in [0.1, 0.15) is 5.75 Å². The number of halogens is 3. The average molecular weight is 243 g/mol. The lowest BCUT2D eigenvalue weighted by atomic mass is 10.2. The predicted octanol–water partition coefficient (Wildman–Crippen LogP) is 3.89. The Bertz CT molecular complexity index is 490. The standard InChI is InChI=1S/C12H12F3NO/c13-12(14,15)5-1-7-17-10-2-3-11-9(8-10)4-6-16-11/h2-4,6,8,16H,1,5,7H2. The number of hydrogen-bond acceptors (Lipinski definition) is 1. The number of nitrogens with one attached hydrogen (secondary N) is 1. The molecule has 2 rings (SSSR count). The van der Waals surface area contributed by atoms with Crippen LogP contribution in [0.15, 0.2) is 30.5 Å². The minimum Gasteiger partial charge on any atom is -0.494 e. The fourth-order valence-electron chi connectivity index (χ4n) is 1.58. The molecule has 0 fully saturated rings. The summed E-state index contributed by atoms with van der Waals surface area (Å²) in [5.74, 6) is 0.597. The summed E-state index contributed by atoms with van der Waals surface area (Å²) in [5.41, 5.74) is 0.979. The number of aromatic amines is 1. The van der Waals surface area contributed by atoms with Crippen LogP contribution in [-0.2, 0) is 0 Å². The Morgan fingerprint density at radius 2 is 2.00 bits per heavy atom. The maximum Gasteiger partial charge on any atom is 0.389 e. The molecule has 1 aromatic carbocycles. The van der Waals surface area contributed by atoms with Gasteiger partial charge in [-0.25, -0.2) is 0 Å². The molecule has 0 saturated heterocycles. The smallest absolute Gasteiger partial charge is 0.389 e. The molecule has 0 aliphatic carbocycles. The Kier molecular flexibility index (Phi) is 3.26. The van der Waals surface area contributed by atoms with Crippen molar-refractivity contribution < 1.29 is 17.9 Å². The molecular formula is C12H12F3NO. The van der Waals surface area contributed by atoms with Gasteiger partial charge >= 0.3 is 6.18 Å². The van der Waals surface area contributed by atoms with Gasteiger partial charge < -0.3 is 9.72 Å². The molecule has 0 unspecified atom stereocenters. The number of ether oxygens (including phenoxy) is 1. The summed E-state index contributed by atoms with van der Waals surface area (Å²) in [4.78, 5) is 3.03. The second-order valence-corrected chi connectivity index (χ2v) is 3.79. The Hall–Kier alpha value is -1.65. The van der Waals surface area contributed by atoms with Crippen molar-refractivity contribution in [2.45, 2.75) is 19.0 Å². The molecule has 1 aromatic heterocycles. The second kappa shape index (κ2) is 4.69. The van der Waals surface area contributed by atoms with Crippen LogP contribution in [0.25, 0.3) is 10.9 Å². The van der Waals surface area contributed by atoms with E-state index in [0.29, 0.717) is 5.75 Å². The minimum atomic E-state index is -4.10. The summed E-state index contributed by atoms with van der Waals surface area (Å²) < 4.78 is 40.9. The predicted molar refractivity (Wildman–Crippen MR) is 59.1 cm³/mol. The third-order valence-corrected chi connectivity index (χ3v) is 2.40. The minimum absolute atomic E-state index is 0.0192. The highest BCUT2D eigenvalue weighted by atomic mass is 19.4. The Balaban J connectivity index is 1.86. The van der Waals surface area contributed by atoms with Crippen molar-refractivity contribution in [1.82, 2.24) is 4.98 Å². The summed E-state index contributed by atoms with van der Waals surface area (Å²) >= 11 is 0. The van der Waals surface area contributed by atoms with Crippen LogP contribution in [0.1, 0.15) is 12.8 Å². The van der Waals surface area contributed by atoms with Crippen LogP contribution in [0.2, 0.25) is 0 Å². The fourth-order valence-corrected chi connectivity index (χ4v) is 1.58. The maximum atomic E-state index is 11.9. The fraction of sp³-hybridized carbons (Fsp3) is 0.333. The van der Waals surface area contributed by atoms with Gasteiger partial charge in [-0.2, -0.15) is 13.2 Å². The highest BCUT2D eigenvalue weighted by Crippen LogP contribution is 2.23. The Morgan fingerprint density at radius 3 is 2.76 bits per heavy atom. The van der Waals surface area contributed by atoms with Crippen LogP contribution >= 0.6 is 0 Å². The quantitative estimate of drug-likeness (QED) is 0.809. The molecule has 1 heterocycles. The number of hydrogen-bond donors (Lipinski definition) is 1. The second-order valence-electron chi connectivity index (χ2n) is 3.79. The van der Waals surface area contributed by atoms with Crippen molar-refractivity contribution in [1.29, 1.82) is 0 Å². The molecule has 0 aliphatic heterocycles. The van der Waals surface area contributed by atoms with E-state index in [2.05, 4.69) is 4.98 Å². The largest absolute Gasteiger partial charge is 0.494 e. The van der Waals surface area contributed by atoms with Crippen molar-refractivity contribution in [2.24, 2.45) is 0 Å². The Labute approximate surface area is 96.4 Å². The number of H-pyrrole nitrogens is 1. The number of fused-ring (bicyclic) bond motifs is 1. The number of benzene rings is 1. The van der Waals surface area contributed by atoms with Crippen LogP contribution in [0.3, 0.4) is 0 Å². The summed E-state index contributed by atoms with van der Waals surface area (Å²) in [6.45, 7) is 0.0788. The molecule has 2 aromatic rings. The first-order valence-corrected chi connectivity index (χ1v) is 5.31. The molecule has 0 bridgehead atoms. The van der Waals surface area contributed by atoms with E-state index in [1.54, 1.807) is 18.3 Å². The summed E-state index contributed by atoms with van der Waals surface area (Å²) in [6.07, 6.45) is -3.12. The van der Waals surface area contributed by atoms with E-state index in [-0.39, 0.29) is 13.0 Å². The van der Waals surface area contributed by atoms with Gasteiger partial charge in [-0.15, -0.1) is 0 Å². The van der Waals surface area contributed by atoms with E-state index in [4.69, 9.17) is 4.74 Å². The third kappa shape index (κ3) is 3.41. The zero-order chi connectivity index (χ0) is 12.3. The average Bonchev–Trinajstić information content (AvgIpc) is 2.70. The molecular weight excluding hydrogens is 231 g/mol. The normalized spacial score (nSPS) is 11.9. The molecule has 92 valence electrons. The van der Waals surface area contributed by atoms with E-state index in [9.17, 15) is 13.2 Å². The molecule has 0 amide bonds. The molecule has 2 nitrogen and oxygen atoms in total. The van der Waals surface area contributed by atoms with Crippen molar-refractivity contribution in [3.63, 3.8) is 0 Å². The molecule has 1 N–H and O–H groups in total. The number of rotatable bonds is 4. The van der Waals surface area contributed by atoms with Gasteiger partial charge in [0, 0.05) is 23.5 Å². The van der Waals surface area contributed by atoms with Crippen molar-refractivity contribution in [3.8, 4) is 5.75 Å². The van der Waals surface area contributed by atoms with Crippen LogP contribution in [0.5, 0.6) is 5.75 Å². The monoisotopic (exact) mass is 243 g/mol. The van der Waals surface area contributed by atoms with Gasteiger partial charge in [0.15, 0.2) is 0 Å². The lowest BCUT2D eigenvalue weighted by molar-refractivity contribution is -0.136. The Morgan fingerprint density at radius 1 is 1.18 bits per heavy atom. The van der Waals surface area contributed by atoms with Gasteiger partial charge in [0.05, 0.1) is 6.61 Å². The van der Waals surface area contributed by atoms with E-state index < -0.39 is 12.6 Å². The summed E-state index contributed by atoms with van der Waals surface area (Å²) in [5, 5.41) is 0.985. The van der Waals surface area contributed by atoms with E-state index >= 15 is 0 Å². The number of aromatic nitrogens is 1. The van der Waals surface area contributed by atoms with Crippen LogP contribution in [0.4, 0.5) is 13.2 Å². The number of alkyl halides is 3. The molecule has 0 radical (unpaired) electrons. The molecule has 0 saturated carbocycles. The maximum absolute atomic E-state index is 11.9. The zero-order valence-corrected chi connectivity index (χ0v) is 9.05. The molecule has 5 heteroatoms. The summed E-state index contributed by atoms with van der Waals surface area (Å²) in [7, 11) is 0. The third-order valence-electron chi connectivity index (χ3n) is 2.40. The van der Waals surface area contributed by atoms with E-state index in [1.807, 2.05) is 12.1 Å². The molecule has 0 atom stereocenters. The van der Waals surface area contributed by atoms with Gasteiger partial charge in [-0.3, -0.25) is 0 Å². The zero-order valence-electron chi connectivity index (χ0n) is 9.05. The van der Waals surface area contributed by atoms with Crippen LogP contribution in [0, 0.1) is 0 Å². The van der Waals surface area contributed by atoms with Gasteiger partial charge in [-0.05, 0) is 30.7 Å². The van der Waals surface area contributed by atoms with E-state index in [0.717, 1.165) is 10.9 Å². The first kappa shape index (κ1) is 11.8. The molecule has 17 heavy (non-hydrogen) atoms. The van der Waals surface area contributed by atoms with Crippen LogP contribution < -0.4 is 4.74 Å². The van der Waals surface area contributed by atoms with Crippen molar-refractivity contribution in [3.05, 3.63) is 30.5 Å². The van der Waals surface area contributed by atoms with Crippen molar-refractivity contribution in [2.75, 3.05) is 6.61 Å². The lowest BCUT2D eigenvalue weighted by Gasteiger charge is -2.08. The van der Waals surface area contributed by atoms with Gasteiger partial charge in [0.25, 0.3) is 0 Å². The highest BCUT2D eigenvalue weighted by molar-refractivity contribution is 5.80. The molecule has 0 spiro atoms. The van der Waals surface area contributed by atoms with Crippen LogP contribution in [-0.4, -0.2) is 17.8 Å². The van der Waals surface area contributed by atoms with Crippen molar-refractivity contribution >= 4 is 10.9 Å². The molecule has 0 aliphatic rings. The first-order chi connectivity index (χ1) is 8.04. The SMILES string of the molecule is FC(F)(F)CCCOc1ccc2[nH]ccc2c1. The summed E-state index contributed by atoms with van der Waals surface area (Å²) in [6, 6.07) is 7.28. The van der Waals surface area contributed by atoms with E-state index in [1.165, 1.54) is 0 Å². The first-order valence-electron chi connectivity index (χ1n) is 5.31. The highest BCUT2D eigenvalue weighted by Gasteiger charge is 2.26. The lowest BCUT2D eigenvalue weighted by Crippen LogP contribution is -2.09. The topological polar surface area (TPSA) is 25.0 Å². The van der Waals surface area contributed by atoms with Gasteiger partial charge in [-0.1, -0.05) is 0 Å².